The quantitative estimate of drug-likeness (QED) is 0.760. The van der Waals surface area contributed by atoms with Crippen LogP contribution in [0.2, 0.25) is 0 Å². The Hall–Kier alpha value is -1.06. The molecular weight excluding hydrogens is 240 g/mol. The van der Waals surface area contributed by atoms with Gasteiger partial charge >= 0.3 is 0 Å². The first kappa shape index (κ1) is 16.0. The lowest BCUT2D eigenvalue weighted by Crippen LogP contribution is -2.34. The number of rotatable bonds is 8. The lowest BCUT2D eigenvalue weighted by Gasteiger charge is -2.25. The van der Waals surface area contributed by atoms with Gasteiger partial charge in [-0.25, -0.2) is 0 Å². The molecule has 108 valence electrons. The van der Waals surface area contributed by atoms with Crippen LogP contribution in [0.5, 0.6) is 5.75 Å². The first-order valence-corrected chi connectivity index (χ1v) is 7.15. The molecule has 1 rings (SSSR count). The molecule has 3 nitrogen and oxygen atoms in total. The van der Waals surface area contributed by atoms with Gasteiger partial charge in [0, 0.05) is 0 Å². The highest BCUT2D eigenvalue weighted by molar-refractivity contribution is 5.29. The monoisotopic (exact) mass is 266 g/mol. The van der Waals surface area contributed by atoms with E-state index in [-0.39, 0.29) is 6.10 Å². The average molecular weight is 266 g/mol. The number of aliphatic hydroxyl groups excluding tert-OH is 1. The van der Waals surface area contributed by atoms with Gasteiger partial charge in [-0.15, -0.1) is 0 Å². The van der Waals surface area contributed by atoms with Crippen molar-refractivity contribution in [3.8, 4) is 5.75 Å². The predicted octanol–water partition coefficient (Wildman–Crippen LogP) is 2.93. The molecule has 0 aliphatic rings. The summed E-state index contributed by atoms with van der Waals surface area (Å²) in [5, 5.41) is 19.8. The van der Waals surface area contributed by atoms with E-state index >= 15 is 0 Å². The highest BCUT2D eigenvalue weighted by Crippen LogP contribution is 2.20. The van der Waals surface area contributed by atoms with E-state index in [1.165, 1.54) is 0 Å². The van der Waals surface area contributed by atoms with Crippen molar-refractivity contribution in [3.63, 3.8) is 0 Å². The van der Waals surface area contributed by atoms with E-state index < -0.39 is 5.60 Å². The molecule has 0 unspecified atom stereocenters. The molecule has 0 radical (unpaired) electrons. The van der Waals surface area contributed by atoms with Gasteiger partial charge in [0.15, 0.2) is 0 Å². The second-order valence-corrected chi connectivity index (χ2v) is 5.13. The molecule has 1 atom stereocenters. The predicted molar refractivity (Wildman–Crippen MR) is 77.5 cm³/mol. The van der Waals surface area contributed by atoms with Gasteiger partial charge in [-0.3, -0.25) is 0 Å². The molecule has 0 saturated carbocycles. The third-order valence-electron chi connectivity index (χ3n) is 3.66. The molecule has 0 saturated heterocycles. The van der Waals surface area contributed by atoms with Crippen LogP contribution in [0, 0.1) is 0 Å². The lowest BCUT2D eigenvalue weighted by atomic mass is 9.99. The first-order chi connectivity index (χ1) is 9.03. The van der Waals surface area contributed by atoms with Gasteiger partial charge in [-0.05, 0) is 43.4 Å². The number of ether oxygens (including phenoxy) is 1. The summed E-state index contributed by atoms with van der Waals surface area (Å²) in [6.07, 6.45) is 2.43. The Balaban J connectivity index is 2.62. The van der Waals surface area contributed by atoms with Crippen molar-refractivity contribution < 1.29 is 14.9 Å². The van der Waals surface area contributed by atoms with Crippen LogP contribution in [-0.2, 0) is 6.42 Å². The molecular formula is C16H26O3. The number of hydrogen-bond donors (Lipinski definition) is 2. The molecule has 0 fully saturated rings. The van der Waals surface area contributed by atoms with Gasteiger partial charge < -0.3 is 14.9 Å². The summed E-state index contributed by atoms with van der Waals surface area (Å²) >= 11 is 0. The smallest absolute Gasteiger partial charge is 0.119 e. The van der Waals surface area contributed by atoms with Gasteiger partial charge in [-0.1, -0.05) is 32.9 Å². The Kier molecular flexibility index (Phi) is 6.32. The highest BCUT2D eigenvalue weighted by atomic mass is 16.5. The van der Waals surface area contributed by atoms with Crippen molar-refractivity contribution in [1.82, 2.24) is 0 Å². The minimum absolute atomic E-state index is 0.305. The summed E-state index contributed by atoms with van der Waals surface area (Å²) in [6.45, 7) is 6.19. The summed E-state index contributed by atoms with van der Waals surface area (Å²) in [5.41, 5.74) is 0.308. The van der Waals surface area contributed by atoms with Crippen molar-refractivity contribution in [2.75, 3.05) is 6.61 Å². The molecule has 3 heteroatoms. The summed E-state index contributed by atoms with van der Waals surface area (Å²) in [4.78, 5) is 0. The summed E-state index contributed by atoms with van der Waals surface area (Å²) < 4.78 is 5.68. The number of aliphatic hydroxyl groups is 2. The number of benzene rings is 1. The van der Waals surface area contributed by atoms with E-state index in [4.69, 9.17) is 4.74 Å². The third-order valence-corrected chi connectivity index (χ3v) is 3.66. The molecule has 0 aromatic heterocycles. The van der Waals surface area contributed by atoms with E-state index in [1.807, 2.05) is 45.0 Å². The fraction of sp³-hybridized carbons (Fsp3) is 0.625. The van der Waals surface area contributed by atoms with Gasteiger partial charge in [0.05, 0.1) is 11.7 Å². The van der Waals surface area contributed by atoms with Crippen molar-refractivity contribution in [3.05, 3.63) is 29.8 Å². The Labute approximate surface area is 116 Å². The summed E-state index contributed by atoms with van der Waals surface area (Å²) in [5.74, 6) is 0.751. The van der Waals surface area contributed by atoms with E-state index in [0.29, 0.717) is 25.9 Å². The van der Waals surface area contributed by atoms with E-state index in [9.17, 15) is 10.2 Å². The van der Waals surface area contributed by atoms with E-state index in [2.05, 4.69) is 0 Å². The number of hydrogen-bond acceptors (Lipinski definition) is 3. The second-order valence-electron chi connectivity index (χ2n) is 5.13. The standard InChI is InChI=1S/C16H26O3/c1-4-14(17)10-13-8-7-9-15(11-13)19-12-16(18,5-2)6-3/h7-9,11,14,17-18H,4-6,10,12H2,1-3H3/t14-/m1/s1. The first-order valence-electron chi connectivity index (χ1n) is 7.15. The fourth-order valence-corrected chi connectivity index (χ4v) is 1.85. The topological polar surface area (TPSA) is 49.7 Å². The zero-order valence-corrected chi connectivity index (χ0v) is 12.2. The minimum Gasteiger partial charge on any atom is -0.491 e. The fourth-order valence-electron chi connectivity index (χ4n) is 1.85. The largest absolute Gasteiger partial charge is 0.491 e. The molecule has 0 amide bonds. The molecule has 19 heavy (non-hydrogen) atoms. The van der Waals surface area contributed by atoms with Gasteiger partial charge in [0.1, 0.15) is 12.4 Å². The average Bonchev–Trinajstić information content (AvgIpc) is 2.45. The van der Waals surface area contributed by atoms with Gasteiger partial charge in [0.2, 0.25) is 0 Å². The SMILES string of the molecule is CC[C@@H](O)Cc1cccc(OCC(O)(CC)CC)c1. The molecule has 2 N–H and O–H groups in total. The zero-order valence-electron chi connectivity index (χ0n) is 12.2. The van der Waals surface area contributed by atoms with Crippen LogP contribution in [0.3, 0.4) is 0 Å². The molecule has 0 bridgehead atoms. The highest BCUT2D eigenvalue weighted by Gasteiger charge is 2.23. The molecule has 0 aliphatic heterocycles. The van der Waals surface area contributed by atoms with Crippen molar-refractivity contribution in [1.29, 1.82) is 0 Å². The molecule has 0 spiro atoms. The minimum atomic E-state index is -0.751. The maximum absolute atomic E-state index is 10.2. The molecule has 1 aromatic carbocycles. The van der Waals surface area contributed by atoms with Crippen LogP contribution >= 0.6 is 0 Å². The van der Waals surface area contributed by atoms with Gasteiger partial charge in [-0.2, -0.15) is 0 Å². The zero-order chi connectivity index (χ0) is 14.3. The lowest BCUT2D eigenvalue weighted by molar-refractivity contribution is -0.0113. The van der Waals surface area contributed by atoms with E-state index in [1.54, 1.807) is 0 Å². The molecule has 0 aliphatic carbocycles. The Morgan fingerprint density at radius 1 is 1.21 bits per heavy atom. The van der Waals surface area contributed by atoms with Crippen LogP contribution in [0.4, 0.5) is 0 Å². The van der Waals surface area contributed by atoms with Crippen LogP contribution in [0.15, 0.2) is 24.3 Å². The molecule has 1 aromatic rings. The van der Waals surface area contributed by atoms with Crippen LogP contribution in [-0.4, -0.2) is 28.5 Å². The maximum atomic E-state index is 10.2. The summed E-state index contributed by atoms with van der Waals surface area (Å²) in [6, 6.07) is 7.72. The second kappa shape index (κ2) is 7.51. The van der Waals surface area contributed by atoms with Gasteiger partial charge in [0.25, 0.3) is 0 Å². The Morgan fingerprint density at radius 3 is 2.47 bits per heavy atom. The Morgan fingerprint density at radius 2 is 1.89 bits per heavy atom. The third kappa shape index (κ3) is 5.21. The van der Waals surface area contributed by atoms with Crippen molar-refractivity contribution >= 4 is 0 Å². The van der Waals surface area contributed by atoms with Crippen molar-refractivity contribution in [2.45, 2.75) is 58.2 Å². The Bertz CT molecular complexity index is 372. The van der Waals surface area contributed by atoms with Crippen LogP contribution in [0.1, 0.15) is 45.6 Å². The van der Waals surface area contributed by atoms with E-state index in [0.717, 1.165) is 17.7 Å². The van der Waals surface area contributed by atoms with Crippen molar-refractivity contribution in [2.24, 2.45) is 0 Å². The molecule has 0 heterocycles. The summed E-state index contributed by atoms with van der Waals surface area (Å²) in [7, 11) is 0. The maximum Gasteiger partial charge on any atom is 0.119 e. The normalized spacial score (nSPS) is 13.3. The van der Waals surface area contributed by atoms with Crippen LogP contribution in [0.25, 0.3) is 0 Å². The van der Waals surface area contributed by atoms with Crippen LogP contribution < -0.4 is 4.74 Å².